The van der Waals surface area contributed by atoms with Crippen molar-refractivity contribution < 1.29 is 8.42 Å². The summed E-state index contributed by atoms with van der Waals surface area (Å²) in [4.78, 5) is 0.157. The lowest BCUT2D eigenvalue weighted by molar-refractivity contribution is 0.539. The maximum absolute atomic E-state index is 12.6. The van der Waals surface area contributed by atoms with Crippen molar-refractivity contribution in [2.24, 2.45) is 0 Å². The molecule has 6 nitrogen and oxygen atoms in total. The van der Waals surface area contributed by atoms with Gasteiger partial charge in [-0.1, -0.05) is 53.7 Å². The lowest BCUT2D eigenvalue weighted by atomic mass is 10.2. The summed E-state index contributed by atoms with van der Waals surface area (Å²) in [5, 5.41) is 9.74. The summed E-state index contributed by atoms with van der Waals surface area (Å²) in [6, 6.07) is 15.6. The SMILES string of the molecule is CCn1c(SCc2ccccc2)nnc1C(C)NS(=O)(=O)c1ccc(Cl)cc1. The van der Waals surface area contributed by atoms with Gasteiger partial charge in [-0.2, -0.15) is 0 Å². The maximum Gasteiger partial charge on any atom is 0.241 e. The number of nitrogens with zero attached hydrogens (tertiary/aromatic N) is 3. The van der Waals surface area contributed by atoms with E-state index in [0.29, 0.717) is 17.4 Å². The Morgan fingerprint density at radius 3 is 2.43 bits per heavy atom. The lowest BCUT2D eigenvalue weighted by Crippen LogP contribution is -2.29. The minimum Gasteiger partial charge on any atom is -0.305 e. The predicted molar refractivity (Wildman–Crippen MR) is 112 cm³/mol. The molecule has 1 aromatic heterocycles. The largest absolute Gasteiger partial charge is 0.305 e. The van der Waals surface area contributed by atoms with E-state index < -0.39 is 16.1 Å². The number of aromatic nitrogens is 3. The Bertz CT molecular complexity index is 1020. The van der Waals surface area contributed by atoms with E-state index in [1.165, 1.54) is 17.7 Å². The van der Waals surface area contributed by atoms with Crippen LogP contribution in [0.4, 0.5) is 0 Å². The molecular weight excluding hydrogens is 416 g/mol. The minimum absolute atomic E-state index is 0.157. The molecule has 1 N–H and O–H groups in total. The molecule has 1 heterocycles. The van der Waals surface area contributed by atoms with Crippen LogP contribution in [0.1, 0.15) is 31.3 Å². The van der Waals surface area contributed by atoms with Crippen molar-refractivity contribution in [3.63, 3.8) is 0 Å². The fourth-order valence-corrected chi connectivity index (χ4v) is 5.01. The number of sulfonamides is 1. The maximum atomic E-state index is 12.6. The Morgan fingerprint density at radius 1 is 1.11 bits per heavy atom. The third-order valence-corrected chi connectivity index (χ3v) is 6.96. The molecular formula is C19H21ClN4O2S2. The molecule has 1 unspecified atom stereocenters. The molecule has 0 bridgehead atoms. The van der Waals surface area contributed by atoms with E-state index in [0.717, 1.165) is 10.9 Å². The summed E-state index contributed by atoms with van der Waals surface area (Å²) in [6.07, 6.45) is 0. The van der Waals surface area contributed by atoms with Crippen molar-refractivity contribution in [3.05, 3.63) is 71.0 Å². The van der Waals surface area contributed by atoms with Crippen molar-refractivity contribution in [2.75, 3.05) is 0 Å². The average molecular weight is 437 g/mol. The zero-order valence-corrected chi connectivity index (χ0v) is 17.9. The lowest BCUT2D eigenvalue weighted by Gasteiger charge is -2.15. The Kier molecular flexibility index (Phi) is 6.77. The van der Waals surface area contributed by atoms with Crippen LogP contribution in [-0.4, -0.2) is 23.2 Å². The van der Waals surface area contributed by atoms with Crippen LogP contribution in [0.5, 0.6) is 0 Å². The van der Waals surface area contributed by atoms with Gasteiger partial charge in [0.1, 0.15) is 0 Å². The first-order chi connectivity index (χ1) is 13.4. The molecule has 0 radical (unpaired) electrons. The number of thioether (sulfide) groups is 1. The van der Waals surface area contributed by atoms with Gasteiger partial charge in [-0.25, -0.2) is 13.1 Å². The molecule has 2 aromatic carbocycles. The predicted octanol–water partition coefficient (Wildman–Crippen LogP) is 4.28. The Hall–Kier alpha value is -1.87. The van der Waals surface area contributed by atoms with E-state index in [4.69, 9.17) is 11.6 Å². The highest BCUT2D eigenvalue weighted by Crippen LogP contribution is 2.25. The molecule has 0 saturated carbocycles. The summed E-state index contributed by atoms with van der Waals surface area (Å²) in [6.45, 7) is 4.39. The molecule has 148 valence electrons. The Balaban J connectivity index is 1.75. The van der Waals surface area contributed by atoms with E-state index in [1.807, 2.05) is 29.7 Å². The highest BCUT2D eigenvalue weighted by molar-refractivity contribution is 7.98. The highest BCUT2D eigenvalue weighted by atomic mass is 35.5. The molecule has 9 heteroatoms. The molecule has 28 heavy (non-hydrogen) atoms. The van der Waals surface area contributed by atoms with E-state index in [2.05, 4.69) is 27.1 Å². The summed E-state index contributed by atoms with van der Waals surface area (Å²) in [7, 11) is -3.69. The van der Waals surface area contributed by atoms with Crippen molar-refractivity contribution in [1.29, 1.82) is 0 Å². The molecule has 0 aliphatic heterocycles. The van der Waals surface area contributed by atoms with Gasteiger partial charge < -0.3 is 4.57 Å². The number of nitrogens with one attached hydrogen (secondary N) is 1. The van der Waals surface area contributed by atoms with Crippen LogP contribution < -0.4 is 4.72 Å². The van der Waals surface area contributed by atoms with Gasteiger partial charge in [0.25, 0.3) is 0 Å². The number of halogens is 1. The van der Waals surface area contributed by atoms with Gasteiger partial charge >= 0.3 is 0 Å². The second-order valence-corrected chi connectivity index (χ2v) is 9.25. The van der Waals surface area contributed by atoms with Crippen molar-refractivity contribution >= 4 is 33.4 Å². The zero-order valence-electron chi connectivity index (χ0n) is 15.5. The van der Waals surface area contributed by atoms with E-state index >= 15 is 0 Å². The van der Waals surface area contributed by atoms with E-state index in [9.17, 15) is 8.42 Å². The smallest absolute Gasteiger partial charge is 0.241 e. The monoisotopic (exact) mass is 436 g/mol. The summed E-state index contributed by atoms with van der Waals surface area (Å²) < 4.78 is 29.9. The van der Waals surface area contributed by atoms with Crippen LogP contribution in [0.2, 0.25) is 5.02 Å². The first-order valence-corrected chi connectivity index (χ1v) is 11.6. The molecule has 1 atom stereocenters. The van der Waals surface area contributed by atoms with Gasteiger partial charge in [-0.15, -0.1) is 10.2 Å². The molecule has 0 fully saturated rings. The fourth-order valence-electron chi connectivity index (χ4n) is 2.71. The second kappa shape index (κ2) is 9.09. The van der Waals surface area contributed by atoms with Crippen LogP contribution in [0.3, 0.4) is 0 Å². The van der Waals surface area contributed by atoms with Crippen LogP contribution >= 0.6 is 23.4 Å². The Labute approximate surface area is 174 Å². The molecule has 0 amide bonds. The van der Waals surface area contributed by atoms with Gasteiger partial charge in [0.05, 0.1) is 10.9 Å². The van der Waals surface area contributed by atoms with Crippen LogP contribution in [0, 0.1) is 0 Å². The first kappa shape index (κ1) is 20.9. The molecule has 0 aliphatic rings. The average Bonchev–Trinajstić information content (AvgIpc) is 3.10. The number of rotatable bonds is 8. The minimum atomic E-state index is -3.69. The molecule has 3 aromatic rings. The van der Waals surface area contributed by atoms with E-state index in [-0.39, 0.29) is 4.90 Å². The third-order valence-electron chi connectivity index (χ3n) is 4.12. The molecule has 0 aliphatic carbocycles. The highest BCUT2D eigenvalue weighted by Gasteiger charge is 2.23. The number of hydrogen-bond acceptors (Lipinski definition) is 5. The number of hydrogen-bond donors (Lipinski definition) is 1. The van der Waals surface area contributed by atoms with Gasteiger partial charge in [0.2, 0.25) is 10.0 Å². The Morgan fingerprint density at radius 2 is 1.79 bits per heavy atom. The van der Waals surface area contributed by atoms with Crippen molar-refractivity contribution in [2.45, 2.75) is 42.2 Å². The number of benzene rings is 2. The second-order valence-electron chi connectivity index (χ2n) is 6.16. The topological polar surface area (TPSA) is 76.9 Å². The normalized spacial score (nSPS) is 12.8. The van der Waals surface area contributed by atoms with Gasteiger partial charge in [0.15, 0.2) is 11.0 Å². The fraction of sp³-hybridized carbons (Fsp3) is 0.263. The summed E-state index contributed by atoms with van der Waals surface area (Å²) in [5.41, 5.74) is 1.19. The summed E-state index contributed by atoms with van der Waals surface area (Å²) >= 11 is 7.42. The van der Waals surface area contributed by atoms with Crippen LogP contribution in [0.15, 0.2) is 64.6 Å². The molecule has 0 saturated heterocycles. The zero-order chi connectivity index (χ0) is 20.1. The van der Waals surface area contributed by atoms with Gasteiger partial charge in [0, 0.05) is 17.3 Å². The first-order valence-electron chi connectivity index (χ1n) is 8.78. The summed E-state index contributed by atoms with van der Waals surface area (Å²) in [5.74, 6) is 1.35. The van der Waals surface area contributed by atoms with Crippen LogP contribution in [0.25, 0.3) is 0 Å². The van der Waals surface area contributed by atoms with Crippen LogP contribution in [-0.2, 0) is 22.3 Å². The van der Waals surface area contributed by atoms with Gasteiger partial charge in [-0.3, -0.25) is 0 Å². The van der Waals surface area contributed by atoms with E-state index in [1.54, 1.807) is 30.8 Å². The van der Waals surface area contributed by atoms with Crippen molar-refractivity contribution in [3.8, 4) is 0 Å². The standard InChI is InChI=1S/C19H21ClN4O2S2/c1-3-24-18(21-22-19(24)27-13-15-7-5-4-6-8-15)14(2)23-28(25,26)17-11-9-16(20)10-12-17/h4-12,14,23H,3,13H2,1-2H3. The molecule has 0 spiro atoms. The van der Waals surface area contributed by atoms with Gasteiger partial charge in [-0.05, 0) is 43.7 Å². The third kappa shape index (κ3) is 4.94. The quantitative estimate of drug-likeness (QED) is 0.533. The van der Waals surface area contributed by atoms with Crippen molar-refractivity contribution in [1.82, 2.24) is 19.5 Å². The molecule has 3 rings (SSSR count).